The van der Waals surface area contributed by atoms with E-state index in [4.69, 9.17) is 4.98 Å². The van der Waals surface area contributed by atoms with Crippen molar-refractivity contribution in [2.24, 2.45) is 0 Å². The molecular weight excluding hydrogens is 453 g/mol. The van der Waals surface area contributed by atoms with Gasteiger partial charge in [-0.25, -0.2) is 24.1 Å². The van der Waals surface area contributed by atoms with E-state index in [2.05, 4.69) is 37.6 Å². The third-order valence-electron chi connectivity index (χ3n) is 6.08. The van der Waals surface area contributed by atoms with E-state index in [0.717, 1.165) is 62.6 Å². The Balaban J connectivity index is 1.52. The second kappa shape index (κ2) is 13.3. The molecule has 0 aromatic carbocycles. The van der Waals surface area contributed by atoms with E-state index in [9.17, 15) is 19.4 Å². The summed E-state index contributed by atoms with van der Waals surface area (Å²) in [4.78, 5) is 27.9. The zero-order valence-corrected chi connectivity index (χ0v) is 20.5. The van der Waals surface area contributed by atoms with Crippen LogP contribution in [0.25, 0.3) is 0 Å². The van der Waals surface area contributed by atoms with Crippen molar-refractivity contribution in [2.75, 3.05) is 50.9 Å². The maximum Gasteiger partial charge on any atom is 0.326 e. The molecule has 0 fully saturated rings. The van der Waals surface area contributed by atoms with Crippen molar-refractivity contribution in [1.29, 1.82) is 0 Å². The van der Waals surface area contributed by atoms with Crippen molar-refractivity contribution >= 4 is 17.7 Å². The fourth-order valence-corrected chi connectivity index (χ4v) is 3.95. The number of fused-ring (bicyclic) bond motifs is 1. The van der Waals surface area contributed by atoms with Crippen LogP contribution in [0.1, 0.15) is 36.9 Å². The van der Waals surface area contributed by atoms with Gasteiger partial charge in [-0.15, -0.1) is 0 Å². The molecule has 192 valence electrons. The number of unbranched alkanes of at least 4 members (excludes halogenated alkanes) is 1. The van der Waals surface area contributed by atoms with Gasteiger partial charge in [-0.05, 0) is 70.8 Å². The molecule has 3 heterocycles. The minimum Gasteiger partial charge on any atom is -0.480 e. The summed E-state index contributed by atoms with van der Waals surface area (Å²) in [6.07, 6.45) is 6.47. The molecule has 3 rings (SSSR count). The number of aryl methyl sites for hydroxylation is 2. The number of hydrogen-bond donors (Lipinski definition) is 4. The topological polar surface area (TPSA) is 127 Å². The Morgan fingerprint density at radius 1 is 1.23 bits per heavy atom. The first-order valence-corrected chi connectivity index (χ1v) is 12.1. The van der Waals surface area contributed by atoms with Gasteiger partial charge >= 0.3 is 5.97 Å². The highest BCUT2D eigenvalue weighted by Crippen LogP contribution is 2.20. The van der Waals surface area contributed by atoms with Crippen LogP contribution in [0, 0.1) is 5.82 Å². The number of carboxylic acid groups (broad SMARTS) is 1. The first kappa shape index (κ1) is 26.7. The first-order valence-electron chi connectivity index (χ1n) is 12.1. The van der Waals surface area contributed by atoms with Crippen molar-refractivity contribution in [3.63, 3.8) is 0 Å². The van der Waals surface area contributed by atoms with Crippen LogP contribution in [0.3, 0.4) is 0 Å². The highest BCUT2D eigenvalue weighted by Gasteiger charge is 2.21. The maximum absolute atomic E-state index is 13.0. The summed E-state index contributed by atoms with van der Waals surface area (Å²) in [7, 11) is 3.60. The normalized spacial score (nSPS) is 14.9. The van der Waals surface area contributed by atoms with Crippen LogP contribution in [0.4, 0.5) is 16.2 Å². The van der Waals surface area contributed by atoms with E-state index in [1.54, 1.807) is 19.0 Å². The smallest absolute Gasteiger partial charge is 0.326 e. The molecule has 0 bridgehead atoms. The molecule has 0 radical (unpaired) electrons. The number of halogens is 1. The first-order chi connectivity index (χ1) is 16.8. The van der Waals surface area contributed by atoms with Gasteiger partial charge in [0, 0.05) is 25.3 Å². The summed E-state index contributed by atoms with van der Waals surface area (Å²) >= 11 is 0. The number of rotatable bonds is 14. The summed E-state index contributed by atoms with van der Waals surface area (Å²) < 4.78 is 13.0. The second-order valence-electron chi connectivity index (χ2n) is 9.09. The molecule has 0 aliphatic carbocycles. The molecule has 11 heteroatoms. The predicted octanol–water partition coefficient (Wildman–Crippen LogP) is 1.83. The quantitative estimate of drug-likeness (QED) is 0.231. The molecule has 0 saturated carbocycles. The number of carbonyl (C=O) groups is 1. The highest BCUT2D eigenvalue weighted by atomic mass is 19.1. The Hall–Kier alpha value is -2.89. The number of aromatic nitrogens is 3. The Bertz CT molecular complexity index is 945. The van der Waals surface area contributed by atoms with Gasteiger partial charge in [-0.3, -0.25) is 9.80 Å². The molecular formula is C24H36FN7O3. The number of carboxylic acids is 1. The number of hydrogen-bond acceptors (Lipinski definition) is 9. The molecule has 2 aromatic heterocycles. The lowest BCUT2D eigenvalue weighted by atomic mass is 10.1. The van der Waals surface area contributed by atoms with Gasteiger partial charge in [0.25, 0.3) is 0 Å². The fourth-order valence-electron chi connectivity index (χ4n) is 3.95. The minimum atomic E-state index is -1.04. The molecule has 0 spiro atoms. The van der Waals surface area contributed by atoms with E-state index < -0.39 is 24.1 Å². The molecule has 1 aliphatic heterocycles. The molecule has 0 unspecified atom stereocenters. The van der Waals surface area contributed by atoms with Gasteiger partial charge in [-0.2, -0.15) is 0 Å². The third-order valence-corrected chi connectivity index (χ3v) is 6.08. The third kappa shape index (κ3) is 8.68. The van der Waals surface area contributed by atoms with Crippen LogP contribution < -0.4 is 10.6 Å². The van der Waals surface area contributed by atoms with Gasteiger partial charge in [0.15, 0.2) is 5.82 Å². The Kier molecular flexibility index (Phi) is 10.1. The van der Waals surface area contributed by atoms with E-state index in [-0.39, 0.29) is 12.4 Å². The van der Waals surface area contributed by atoms with E-state index in [0.29, 0.717) is 19.6 Å². The lowest BCUT2D eigenvalue weighted by Crippen LogP contribution is -2.43. The van der Waals surface area contributed by atoms with Crippen LogP contribution in [0.5, 0.6) is 0 Å². The number of nitrogens with one attached hydrogen (secondary N) is 2. The van der Waals surface area contributed by atoms with Crippen LogP contribution in [0.2, 0.25) is 0 Å². The zero-order chi connectivity index (χ0) is 25.2. The second-order valence-corrected chi connectivity index (χ2v) is 9.09. The number of aliphatic hydroxyl groups excluding tert-OH is 1. The van der Waals surface area contributed by atoms with Crippen LogP contribution in [0.15, 0.2) is 24.5 Å². The summed E-state index contributed by atoms with van der Waals surface area (Å²) in [6.45, 7) is 2.53. The molecule has 0 saturated heterocycles. The number of aliphatic hydroxyl groups is 1. The lowest BCUT2D eigenvalue weighted by molar-refractivity contribution is -0.138. The van der Waals surface area contributed by atoms with Crippen molar-refractivity contribution < 1.29 is 19.4 Å². The predicted molar refractivity (Wildman–Crippen MR) is 132 cm³/mol. The minimum absolute atomic E-state index is 0.0608. The fraction of sp³-hybridized carbons (Fsp3) is 0.583. The van der Waals surface area contributed by atoms with Gasteiger partial charge < -0.3 is 20.8 Å². The average Bonchev–Trinajstić information content (AvgIpc) is 2.84. The Morgan fingerprint density at radius 2 is 2.00 bits per heavy atom. The van der Waals surface area contributed by atoms with Crippen molar-refractivity contribution in [2.45, 2.75) is 50.8 Å². The lowest BCUT2D eigenvalue weighted by Gasteiger charge is -2.29. The van der Waals surface area contributed by atoms with Gasteiger partial charge in [0.1, 0.15) is 18.1 Å². The zero-order valence-electron chi connectivity index (χ0n) is 20.5. The van der Waals surface area contributed by atoms with Crippen LogP contribution in [-0.4, -0.2) is 93.5 Å². The highest BCUT2D eigenvalue weighted by molar-refractivity contribution is 5.76. The largest absolute Gasteiger partial charge is 0.480 e. The number of likely N-dealkylation sites (N-methyl/N-ethyl adjacent to an activating group) is 1. The molecule has 35 heavy (non-hydrogen) atoms. The van der Waals surface area contributed by atoms with Gasteiger partial charge in [0.2, 0.25) is 5.95 Å². The van der Waals surface area contributed by atoms with Crippen LogP contribution >= 0.6 is 0 Å². The summed E-state index contributed by atoms with van der Waals surface area (Å²) in [5, 5.41) is 26.1. The van der Waals surface area contributed by atoms with E-state index in [1.807, 2.05) is 0 Å². The van der Waals surface area contributed by atoms with Gasteiger partial charge in [-0.1, -0.05) is 6.07 Å². The molecule has 2 atom stereocenters. The molecule has 4 N–H and O–H groups in total. The van der Waals surface area contributed by atoms with Gasteiger partial charge in [0.05, 0.1) is 12.4 Å². The molecule has 2 aromatic rings. The Labute approximate surface area is 205 Å². The summed E-state index contributed by atoms with van der Waals surface area (Å²) in [5.74, 6) is -0.571. The van der Waals surface area contributed by atoms with E-state index >= 15 is 0 Å². The number of aliphatic carboxylic acids is 1. The molecule has 10 nitrogen and oxygen atoms in total. The van der Waals surface area contributed by atoms with Crippen molar-refractivity contribution in [3.05, 3.63) is 41.6 Å². The number of nitrogens with zero attached hydrogens (tertiary/aromatic N) is 5. The number of pyridine rings is 1. The van der Waals surface area contributed by atoms with Crippen molar-refractivity contribution in [3.8, 4) is 0 Å². The average molecular weight is 490 g/mol. The molecule has 0 amide bonds. The molecule has 1 aliphatic rings. The maximum atomic E-state index is 13.0. The van der Waals surface area contributed by atoms with Crippen LogP contribution in [-0.2, 0) is 17.6 Å². The monoisotopic (exact) mass is 489 g/mol. The SMILES string of the molecule is CN(C)[C@@H](O)CN(CCCCc1ccc2c(n1)NCCC2)CC[C@H](Nc1ncc(F)cn1)C(=O)O. The summed E-state index contributed by atoms with van der Waals surface area (Å²) in [6, 6.07) is 3.32. The standard InChI is InChI=1S/C24H36FN7O3/c1-31(2)21(33)16-32(13-10-20(23(34)35)30-24-27-14-18(25)15-28-24)12-4-3-7-19-9-8-17-6-5-11-26-22(17)29-19/h8-9,14-15,20-21,33H,3-7,10-13,16H2,1-2H3,(H,26,29)(H,34,35)(H,27,28,30)/t20-,21-/m0/s1. The van der Waals surface area contributed by atoms with Crippen molar-refractivity contribution in [1.82, 2.24) is 24.8 Å². The Morgan fingerprint density at radius 3 is 2.71 bits per heavy atom. The number of anilines is 2. The summed E-state index contributed by atoms with van der Waals surface area (Å²) in [5.41, 5.74) is 2.34. The van der Waals surface area contributed by atoms with E-state index in [1.165, 1.54) is 5.56 Å².